The second kappa shape index (κ2) is 8.39. The van der Waals surface area contributed by atoms with E-state index in [1.54, 1.807) is 0 Å². The van der Waals surface area contributed by atoms with Gasteiger partial charge in [-0.15, -0.1) is 0 Å². The molecule has 0 saturated heterocycles. The minimum atomic E-state index is 0.889. The van der Waals surface area contributed by atoms with Crippen LogP contribution < -0.4 is 9.47 Å². The summed E-state index contributed by atoms with van der Waals surface area (Å²) >= 11 is 3.74. The van der Waals surface area contributed by atoms with Crippen molar-refractivity contribution in [3.8, 4) is 0 Å². The lowest BCUT2D eigenvalue weighted by atomic mass is 10.1. The number of aryl methyl sites for hydroxylation is 1. The van der Waals surface area contributed by atoms with E-state index >= 15 is 0 Å². The van der Waals surface area contributed by atoms with Crippen molar-refractivity contribution in [2.24, 2.45) is 0 Å². The van der Waals surface area contributed by atoms with Crippen molar-refractivity contribution >= 4 is 60.5 Å². The van der Waals surface area contributed by atoms with E-state index in [-0.39, 0.29) is 0 Å². The summed E-state index contributed by atoms with van der Waals surface area (Å²) in [5, 5.41) is 7.83. The van der Waals surface area contributed by atoms with E-state index in [0.717, 1.165) is 19.5 Å². The van der Waals surface area contributed by atoms with Crippen LogP contribution in [0.5, 0.6) is 0 Å². The van der Waals surface area contributed by atoms with E-state index in [9.17, 15) is 0 Å². The zero-order chi connectivity index (χ0) is 22.4. The molecular weight excluding hydrogens is 440 g/mol. The largest absolute Gasteiger partial charge is 0.328 e. The van der Waals surface area contributed by atoms with Crippen LogP contribution in [-0.2, 0) is 13.0 Å². The fourth-order valence-electron chi connectivity index (χ4n) is 4.88. The van der Waals surface area contributed by atoms with Gasteiger partial charge in [-0.3, -0.25) is 0 Å². The number of hydrogen-bond donors (Lipinski definition) is 0. The molecule has 0 spiro atoms. The van der Waals surface area contributed by atoms with Gasteiger partial charge in [0.2, 0.25) is 10.5 Å². The summed E-state index contributed by atoms with van der Waals surface area (Å²) in [5.74, 6) is 0. The van der Waals surface area contributed by atoms with Crippen molar-refractivity contribution < 1.29 is 4.57 Å². The molecule has 33 heavy (non-hydrogen) atoms. The van der Waals surface area contributed by atoms with E-state index in [0.29, 0.717) is 0 Å². The average molecular weight is 466 g/mol. The average Bonchev–Trinajstić information content (AvgIpc) is 3.41. The number of rotatable bonds is 4. The van der Waals surface area contributed by atoms with Crippen LogP contribution >= 0.6 is 23.1 Å². The molecule has 1 aliphatic heterocycles. The second-order valence-electron chi connectivity index (χ2n) is 8.21. The molecule has 0 bridgehead atoms. The van der Waals surface area contributed by atoms with Gasteiger partial charge < -0.3 is 4.90 Å². The van der Waals surface area contributed by atoms with Gasteiger partial charge in [0.25, 0.3) is 0 Å². The summed E-state index contributed by atoms with van der Waals surface area (Å²) < 4.78 is 3.84. The lowest BCUT2D eigenvalue weighted by Crippen LogP contribution is -2.34. The fraction of sp³-hybridized carbons (Fsp3) is 0.172. The lowest BCUT2D eigenvalue weighted by Gasteiger charge is -2.18. The van der Waals surface area contributed by atoms with Gasteiger partial charge in [0, 0.05) is 16.8 Å². The summed E-state index contributed by atoms with van der Waals surface area (Å²) in [6.07, 6.45) is 3.11. The van der Waals surface area contributed by atoms with E-state index in [4.69, 9.17) is 0 Å². The molecule has 2 nitrogen and oxygen atoms in total. The zero-order valence-electron chi connectivity index (χ0n) is 18.8. The van der Waals surface area contributed by atoms with Crippen molar-refractivity contribution in [2.75, 3.05) is 11.4 Å². The molecular formula is C29H25N2S2+. The lowest BCUT2D eigenvalue weighted by molar-refractivity contribution is -0.669. The standard InChI is InChI=1S/C29H25N2S2/c1-3-30-26(32-24-18-16-20-10-5-7-12-22(20)28(24)30)14-9-15-27-31(4-2)29-23-13-8-6-11-21(23)17-19-25(29)33-27/h5-13,16-19H,3-4,14H2,1-2H3/q+1. The predicted molar refractivity (Wildman–Crippen MR) is 143 cm³/mol. The number of fused-ring (bicyclic) bond motifs is 6. The molecule has 1 aliphatic rings. The highest BCUT2D eigenvalue weighted by Crippen LogP contribution is 2.48. The normalized spacial score (nSPS) is 13.2. The predicted octanol–water partition coefficient (Wildman–Crippen LogP) is 7.69. The number of aromatic nitrogens is 1. The van der Waals surface area contributed by atoms with Crippen LogP contribution in [0.25, 0.3) is 31.8 Å². The summed E-state index contributed by atoms with van der Waals surface area (Å²) in [4.78, 5) is 3.73. The number of allylic oxidation sites excluding steroid dienone is 1. The molecule has 4 aromatic carbocycles. The smallest absolute Gasteiger partial charge is 0.242 e. The highest BCUT2D eigenvalue weighted by molar-refractivity contribution is 8.03. The first-order valence-electron chi connectivity index (χ1n) is 11.5. The number of anilines is 1. The van der Waals surface area contributed by atoms with Crippen LogP contribution in [-0.4, -0.2) is 6.54 Å². The van der Waals surface area contributed by atoms with Crippen LogP contribution in [0.4, 0.5) is 5.69 Å². The molecule has 0 N–H and O–H groups in total. The second-order valence-corrected chi connectivity index (χ2v) is 10.4. The Labute approximate surface area is 202 Å². The first-order valence-corrected chi connectivity index (χ1v) is 13.2. The van der Waals surface area contributed by atoms with E-state index in [2.05, 4.69) is 108 Å². The Kier molecular flexibility index (Phi) is 5.22. The highest BCUT2D eigenvalue weighted by atomic mass is 32.2. The van der Waals surface area contributed by atoms with Crippen LogP contribution in [0.15, 0.2) is 94.5 Å². The van der Waals surface area contributed by atoms with Gasteiger partial charge >= 0.3 is 0 Å². The topological polar surface area (TPSA) is 7.12 Å². The molecule has 0 atom stereocenters. The van der Waals surface area contributed by atoms with Crippen molar-refractivity contribution in [1.29, 1.82) is 0 Å². The summed E-state index contributed by atoms with van der Waals surface area (Å²) in [7, 11) is 0. The Bertz CT molecular complexity index is 1590. The Morgan fingerprint density at radius 1 is 0.879 bits per heavy atom. The van der Waals surface area contributed by atoms with Gasteiger partial charge in [0.15, 0.2) is 0 Å². The molecule has 4 heteroatoms. The maximum atomic E-state index is 3.65. The monoisotopic (exact) mass is 465 g/mol. The fourth-order valence-corrected chi connectivity index (χ4v) is 7.22. The third kappa shape index (κ3) is 3.38. The highest BCUT2D eigenvalue weighted by Gasteiger charge is 2.26. The molecule has 1 aromatic heterocycles. The Balaban J connectivity index is 1.39. The quantitative estimate of drug-likeness (QED) is 0.198. The molecule has 0 saturated carbocycles. The molecule has 0 radical (unpaired) electrons. The molecule has 5 aromatic rings. The van der Waals surface area contributed by atoms with Crippen molar-refractivity contribution in [2.45, 2.75) is 31.7 Å². The molecule has 162 valence electrons. The Hall–Kier alpha value is -3.04. The van der Waals surface area contributed by atoms with Crippen molar-refractivity contribution in [3.05, 3.63) is 94.6 Å². The van der Waals surface area contributed by atoms with Crippen molar-refractivity contribution in [3.63, 3.8) is 0 Å². The first kappa shape index (κ1) is 20.6. The summed E-state index contributed by atoms with van der Waals surface area (Å²) in [6, 6.07) is 26.4. The third-order valence-corrected chi connectivity index (χ3v) is 8.64. The molecule has 0 amide bonds. The van der Waals surface area contributed by atoms with E-state index < -0.39 is 0 Å². The number of hydrogen-bond acceptors (Lipinski definition) is 3. The maximum Gasteiger partial charge on any atom is 0.242 e. The first-order chi connectivity index (χ1) is 16.3. The maximum absolute atomic E-state index is 3.65. The summed E-state index contributed by atoms with van der Waals surface area (Å²) in [5.41, 5.74) is 6.34. The molecule has 0 unspecified atom stereocenters. The van der Waals surface area contributed by atoms with Gasteiger partial charge in [-0.05, 0) is 48.9 Å². The van der Waals surface area contributed by atoms with E-state index in [1.165, 1.54) is 52.4 Å². The molecule has 6 rings (SSSR count). The minimum Gasteiger partial charge on any atom is -0.328 e. The number of nitrogens with zero attached hydrogens (tertiary/aromatic N) is 2. The molecule has 0 fully saturated rings. The van der Waals surface area contributed by atoms with Crippen LogP contribution in [0.2, 0.25) is 0 Å². The minimum absolute atomic E-state index is 0.889. The third-order valence-electron chi connectivity index (χ3n) is 6.38. The van der Waals surface area contributed by atoms with Crippen LogP contribution in [0, 0.1) is 0 Å². The van der Waals surface area contributed by atoms with Gasteiger partial charge in [-0.2, -0.15) is 4.57 Å². The van der Waals surface area contributed by atoms with Gasteiger partial charge in [-0.25, -0.2) is 0 Å². The van der Waals surface area contributed by atoms with Crippen LogP contribution in [0.1, 0.15) is 18.9 Å². The van der Waals surface area contributed by atoms with Crippen molar-refractivity contribution in [1.82, 2.24) is 0 Å². The number of benzene rings is 4. The van der Waals surface area contributed by atoms with Gasteiger partial charge in [0.1, 0.15) is 16.3 Å². The summed E-state index contributed by atoms with van der Waals surface area (Å²) in [6.45, 7) is 6.38. The number of thioether (sulfide) groups is 1. The molecule has 0 aliphatic carbocycles. The SMILES string of the molecule is CCN1C(=C=CCc2sc3ccc4ccccc4c3[n+]2CC)Sc2ccc3ccccc3c21. The Morgan fingerprint density at radius 3 is 2.39 bits per heavy atom. The number of thiazole rings is 1. The van der Waals surface area contributed by atoms with Gasteiger partial charge in [0.05, 0.1) is 17.5 Å². The Morgan fingerprint density at radius 2 is 1.61 bits per heavy atom. The van der Waals surface area contributed by atoms with Crippen LogP contribution in [0.3, 0.4) is 0 Å². The van der Waals surface area contributed by atoms with E-state index in [1.807, 2.05) is 23.1 Å². The zero-order valence-corrected chi connectivity index (χ0v) is 20.5. The van der Waals surface area contributed by atoms with Gasteiger partial charge in [-0.1, -0.05) is 83.4 Å². The molecule has 2 heterocycles.